The van der Waals surface area contributed by atoms with Crippen LogP contribution in [0.4, 0.5) is 10.1 Å². The van der Waals surface area contributed by atoms with Crippen LogP contribution in [0.1, 0.15) is 29.6 Å². The Hall–Kier alpha value is -3.15. The van der Waals surface area contributed by atoms with Crippen LogP contribution < -0.4 is 15.8 Å². The van der Waals surface area contributed by atoms with Crippen molar-refractivity contribution in [3.05, 3.63) is 71.7 Å². The summed E-state index contributed by atoms with van der Waals surface area (Å²) in [6.45, 7) is 0. The Balaban J connectivity index is 1.80. The Bertz CT molecular complexity index is 875. The van der Waals surface area contributed by atoms with Gasteiger partial charge in [-0.1, -0.05) is 12.1 Å². The van der Waals surface area contributed by atoms with E-state index in [1.807, 2.05) is 24.3 Å². The molecule has 1 aliphatic rings. The fraction of sp³-hybridized carbons (Fsp3) is 0.238. The molecule has 0 spiro atoms. The maximum absolute atomic E-state index is 13.9. The lowest BCUT2D eigenvalue weighted by Gasteiger charge is -2.27. The van der Waals surface area contributed by atoms with E-state index in [2.05, 4.69) is 10.3 Å². The molecule has 140 valence electrons. The summed E-state index contributed by atoms with van der Waals surface area (Å²) in [6.07, 6.45) is 3.83. The number of hydrogen-bond donors (Lipinski definition) is 2. The van der Waals surface area contributed by atoms with Gasteiger partial charge in [0.15, 0.2) is 0 Å². The average molecular weight is 367 g/mol. The molecule has 1 aliphatic carbocycles. The number of aliphatic imine (C=N–C) groups is 1. The van der Waals surface area contributed by atoms with Crippen molar-refractivity contribution in [3.8, 4) is 5.75 Å². The number of carbonyl (C=O) groups excluding carboxylic acids is 1. The predicted molar refractivity (Wildman–Crippen MR) is 104 cm³/mol. The summed E-state index contributed by atoms with van der Waals surface area (Å²) in [7, 11) is 1.61. The van der Waals surface area contributed by atoms with E-state index >= 15 is 0 Å². The molecule has 3 N–H and O–H groups in total. The van der Waals surface area contributed by atoms with Gasteiger partial charge >= 0.3 is 0 Å². The molecule has 2 aromatic rings. The smallest absolute Gasteiger partial charge is 0.254 e. The number of ether oxygens (including phenoxy) is 1. The molecule has 1 amide bonds. The van der Waals surface area contributed by atoms with Crippen LogP contribution in [0.5, 0.6) is 5.75 Å². The summed E-state index contributed by atoms with van der Waals surface area (Å²) < 4.78 is 19.0. The van der Waals surface area contributed by atoms with Crippen molar-refractivity contribution in [2.75, 3.05) is 7.11 Å². The predicted octanol–water partition coefficient (Wildman–Crippen LogP) is 3.73. The highest BCUT2D eigenvalue weighted by Gasteiger charge is 2.26. The second-order valence-corrected chi connectivity index (χ2v) is 6.28. The first kappa shape index (κ1) is 18.6. The van der Waals surface area contributed by atoms with Gasteiger partial charge < -0.3 is 15.8 Å². The summed E-state index contributed by atoms with van der Waals surface area (Å²) in [4.78, 5) is 17.1. The quantitative estimate of drug-likeness (QED) is 0.864. The number of hydrogen-bond acceptors (Lipinski definition) is 4. The van der Waals surface area contributed by atoms with Crippen molar-refractivity contribution in [2.24, 2.45) is 10.7 Å². The summed E-state index contributed by atoms with van der Waals surface area (Å²) in [5, 5.41) is 2.88. The van der Waals surface area contributed by atoms with Gasteiger partial charge in [-0.2, -0.15) is 0 Å². The molecule has 1 saturated carbocycles. The first-order valence-corrected chi connectivity index (χ1v) is 8.81. The molecule has 27 heavy (non-hydrogen) atoms. The van der Waals surface area contributed by atoms with Gasteiger partial charge in [-0.05, 0) is 55.7 Å². The number of methoxy groups -OCH3 is 1. The van der Waals surface area contributed by atoms with E-state index in [0.717, 1.165) is 42.0 Å². The summed E-state index contributed by atoms with van der Waals surface area (Å²) in [5.74, 6) is -0.244. The zero-order chi connectivity index (χ0) is 19.2. The number of nitrogens with zero attached hydrogens (tertiary/aromatic N) is 1. The van der Waals surface area contributed by atoms with Crippen molar-refractivity contribution in [1.82, 2.24) is 5.32 Å². The van der Waals surface area contributed by atoms with Gasteiger partial charge in [0.1, 0.15) is 11.6 Å². The van der Waals surface area contributed by atoms with E-state index in [9.17, 15) is 9.18 Å². The molecule has 0 aromatic heterocycles. The Labute approximate surface area is 157 Å². The minimum Gasteiger partial charge on any atom is -0.497 e. The molecule has 3 rings (SSSR count). The molecule has 0 aliphatic heterocycles. The number of rotatable bonds is 4. The van der Waals surface area contributed by atoms with Crippen LogP contribution in [0.2, 0.25) is 0 Å². The Morgan fingerprint density at radius 1 is 1.26 bits per heavy atom. The van der Waals surface area contributed by atoms with E-state index < -0.39 is 11.7 Å². The molecular weight excluding hydrogens is 345 g/mol. The molecule has 0 heterocycles. The SMILES string of the molecule is COc1ccc(N=C2CCCC(NC(=O)c3ccccc3F)/C2=C/N)cc1. The molecule has 1 fully saturated rings. The number of carbonyl (C=O) groups is 1. The lowest BCUT2D eigenvalue weighted by molar-refractivity contribution is 0.0937. The molecule has 0 bridgehead atoms. The molecular formula is C21H22FN3O2. The van der Waals surface area contributed by atoms with Crippen LogP contribution in [0.25, 0.3) is 0 Å². The molecule has 0 radical (unpaired) electrons. The first-order valence-electron chi connectivity index (χ1n) is 8.81. The Morgan fingerprint density at radius 3 is 2.67 bits per heavy atom. The van der Waals surface area contributed by atoms with Crippen LogP contribution in [-0.2, 0) is 0 Å². The van der Waals surface area contributed by atoms with Crippen molar-refractivity contribution >= 4 is 17.3 Å². The summed E-state index contributed by atoms with van der Waals surface area (Å²) in [5.41, 5.74) is 8.24. The lowest BCUT2D eigenvalue weighted by Crippen LogP contribution is -2.41. The number of benzene rings is 2. The summed E-state index contributed by atoms with van der Waals surface area (Å²) in [6, 6.07) is 13.0. The maximum atomic E-state index is 13.9. The van der Waals surface area contributed by atoms with Gasteiger partial charge in [0.2, 0.25) is 0 Å². The van der Waals surface area contributed by atoms with Crippen LogP contribution in [0.15, 0.2) is 65.3 Å². The molecule has 0 saturated heterocycles. The topological polar surface area (TPSA) is 76.7 Å². The van der Waals surface area contributed by atoms with Crippen LogP contribution in [0, 0.1) is 5.82 Å². The third-order valence-corrected chi connectivity index (χ3v) is 4.55. The Kier molecular flexibility index (Phi) is 5.86. The summed E-state index contributed by atoms with van der Waals surface area (Å²) >= 11 is 0. The highest BCUT2D eigenvalue weighted by Crippen LogP contribution is 2.26. The van der Waals surface area contributed by atoms with Gasteiger partial charge in [0.25, 0.3) is 5.91 Å². The Morgan fingerprint density at radius 2 is 2.00 bits per heavy atom. The molecule has 6 heteroatoms. The zero-order valence-corrected chi connectivity index (χ0v) is 15.1. The first-order chi connectivity index (χ1) is 13.1. The highest BCUT2D eigenvalue weighted by atomic mass is 19.1. The van der Waals surface area contributed by atoms with E-state index in [-0.39, 0.29) is 11.6 Å². The third-order valence-electron chi connectivity index (χ3n) is 4.55. The number of halogens is 1. The largest absolute Gasteiger partial charge is 0.497 e. The average Bonchev–Trinajstić information content (AvgIpc) is 2.69. The van der Waals surface area contributed by atoms with Gasteiger partial charge in [-0.15, -0.1) is 0 Å². The maximum Gasteiger partial charge on any atom is 0.254 e. The minimum absolute atomic E-state index is 0.0214. The van der Waals surface area contributed by atoms with Crippen molar-refractivity contribution < 1.29 is 13.9 Å². The van der Waals surface area contributed by atoms with Crippen molar-refractivity contribution in [3.63, 3.8) is 0 Å². The fourth-order valence-corrected chi connectivity index (χ4v) is 3.15. The van der Waals surface area contributed by atoms with Gasteiger partial charge in [-0.25, -0.2) is 4.39 Å². The van der Waals surface area contributed by atoms with Gasteiger partial charge in [0.05, 0.1) is 24.4 Å². The van der Waals surface area contributed by atoms with Crippen molar-refractivity contribution in [2.45, 2.75) is 25.3 Å². The van der Waals surface area contributed by atoms with Crippen LogP contribution in [-0.4, -0.2) is 24.8 Å². The molecule has 2 aromatic carbocycles. The third kappa shape index (κ3) is 4.34. The van der Waals surface area contributed by atoms with E-state index in [4.69, 9.17) is 10.5 Å². The van der Waals surface area contributed by atoms with E-state index in [1.54, 1.807) is 19.2 Å². The molecule has 5 nitrogen and oxygen atoms in total. The zero-order valence-electron chi connectivity index (χ0n) is 15.1. The van der Waals surface area contributed by atoms with E-state index in [0.29, 0.717) is 0 Å². The molecule has 1 atom stereocenters. The number of nitrogens with two attached hydrogens (primary N) is 1. The minimum atomic E-state index is -0.545. The van der Waals surface area contributed by atoms with Crippen LogP contribution in [0.3, 0.4) is 0 Å². The second-order valence-electron chi connectivity index (χ2n) is 6.28. The molecule has 1 unspecified atom stereocenters. The van der Waals surface area contributed by atoms with Gasteiger partial charge in [0, 0.05) is 17.5 Å². The number of amides is 1. The van der Waals surface area contributed by atoms with Gasteiger partial charge in [-0.3, -0.25) is 9.79 Å². The second kappa shape index (κ2) is 8.49. The lowest BCUT2D eigenvalue weighted by atomic mass is 9.88. The fourth-order valence-electron chi connectivity index (χ4n) is 3.15. The van der Waals surface area contributed by atoms with E-state index in [1.165, 1.54) is 18.3 Å². The monoisotopic (exact) mass is 367 g/mol. The van der Waals surface area contributed by atoms with Crippen LogP contribution >= 0.6 is 0 Å². The number of nitrogens with one attached hydrogen (secondary N) is 1. The normalized spacial score (nSPS) is 19.9. The highest BCUT2D eigenvalue weighted by molar-refractivity contribution is 6.04. The van der Waals surface area contributed by atoms with Crippen molar-refractivity contribution in [1.29, 1.82) is 0 Å². The standard InChI is InChI=1S/C21H22FN3O2/c1-27-15-11-9-14(10-12-15)24-19-7-4-8-20(17(19)13-23)25-21(26)16-5-2-3-6-18(16)22/h2-3,5-6,9-13,20H,4,7-8,23H2,1H3,(H,25,26)/b17-13+,24-19?.